The van der Waals surface area contributed by atoms with E-state index < -0.39 is 11.7 Å². The highest BCUT2D eigenvalue weighted by atomic mass is 35.5. The van der Waals surface area contributed by atoms with Crippen LogP contribution in [0.25, 0.3) is 0 Å². The molecular weight excluding hydrogens is 277 g/mol. The normalized spacial score (nSPS) is 11.9. The van der Waals surface area contributed by atoms with E-state index >= 15 is 0 Å². The highest BCUT2D eigenvalue weighted by Crippen LogP contribution is 2.33. The van der Waals surface area contributed by atoms with E-state index in [2.05, 4.69) is 24.1 Å². The van der Waals surface area contributed by atoms with Crippen LogP contribution in [0, 0.1) is 0 Å². The van der Waals surface area contributed by atoms with Crippen molar-refractivity contribution >= 4 is 17.3 Å². The van der Waals surface area contributed by atoms with Crippen LogP contribution in [-0.2, 0) is 6.18 Å². The van der Waals surface area contributed by atoms with Crippen molar-refractivity contribution < 1.29 is 13.2 Å². The van der Waals surface area contributed by atoms with E-state index in [0.29, 0.717) is 12.2 Å². The summed E-state index contributed by atoms with van der Waals surface area (Å²) in [4.78, 5) is 2.21. The molecule has 0 saturated carbocycles. The van der Waals surface area contributed by atoms with Crippen LogP contribution in [-0.4, -0.2) is 31.1 Å². The van der Waals surface area contributed by atoms with Crippen molar-refractivity contribution in [2.24, 2.45) is 0 Å². The third-order valence-electron chi connectivity index (χ3n) is 2.93. The number of likely N-dealkylation sites (N-methyl/N-ethyl adjacent to an activating group) is 1. The number of hydrogen-bond donors (Lipinski definition) is 1. The van der Waals surface area contributed by atoms with Gasteiger partial charge in [-0.3, -0.25) is 0 Å². The van der Waals surface area contributed by atoms with Gasteiger partial charge in [-0.05, 0) is 31.3 Å². The van der Waals surface area contributed by atoms with E-state index in [1.807, 2.05) is 0 Å². The number of rotatable bonds is 6. The highest BCUT2D eigenvalue weighted by Gasteiger charge is 2.30. The van der Waals surface area contributed by atoms with Crippen LogP contribution in [0.1, 0.15) is 19.4 Å². The second-order valence-electron chi connectivity index (χ2n) is 4.15. The molecule has 0 aliphatic heterocycles. The molecule has 1 rings (SSSR count). The van der Waals surface area contributed by atoms with Crippen LogP contribution in [0.4, 0.5) is 18.9 Å². The van der Waals surface area contributed by atoms with E-state index in [1.54, 1.807) is 0 Å². The van der Waals surface area contributed by atoms with Crippen molar-refractivity contribution in [3.63, 3.8) is 0 Å². The summed E-state index contributed by atoms with van der Waals surface area (Å²) in [6.45, 7) is 7.48. The van der Waals surface area contributed by atoms with Crippen LogP contribution in [0.5, 0.6) is 0 Å². The molecule has 1 aromatic rings. The second-order valence-corrected chi connectivity index (χ2v) is 4.55. The fourth-order valence-corrected chi connectivity index (χ4v) is 1.97. The molecule has 0 saturated heterocycles. The number of nitrogens with zero attached hydrogens (tertiary/aromatic N) is 1. The Kier molecular flexibility index (Phi) is 5.94. The van der Waals surface area contributed by atoms with E-state index in [-0.39, 0.29) is 5.02 Å². The quantitative estimate of drug-likeness (QED) is 0.849. The summed E-state index contributed by atoms with van der Waals surface area (Å²) in [6, 6.07) is 3.35. The monoisotopic (exact) mass is 294 g/mol. The fourth-order valence-electron chi connectivity index (χ4n) is 1.72. The number of benzene rings is 1. The summed E-state index contributed by atoms with van der Waals surface area (Å²) < 4.78 is 37.4. The van der Waals surface area contributed by atoms with E-state index in [9.17, 15) is 13.2 Å². The largest absolute Gasteiger partial charge is 0.416 e. The van der Waals surface area contributed by atoms with Gasteiger partial charge in [0.15, 0.2) is 0 Å². The van der Waals surface area contributed by atoms with Gasteiger partial charge in [0.05, 0.1) is 16.3 Å². The zero-order valence-electron chi connectivity index (χ0n) is 11.0. The number of hydrogen-bond acceptors (Lipinski definition) is 2. The van der Waals surface area contributed by atoms with E-state index in [4.69, 9.17) is 11.6 Å². The zero-order chi connectivity index (χ0) is 14.5. The molecule has 0 radical (unpaired) electrons. The van der Waals surface area contributed by atoms with Gasteiger partial charge in [-0.1, -0.05) is 25.4 Å². The second kappa shape index (κ2) is 7.01. The Morgan fingerprint density at radius 3 is 2.32 bits per heavy atom. The molecule has 6 heteroatoms. The van der Waals surface area contributed by atoms with E-state index in [0.717, 1.165) is 31.8 Å². The molecule has 108 valence electrons. The van der Waals surface area contributed by atoms with Crippen LogP contribution < -0.4 is 5.32 Å². The molecule has 0 atom stereocenters. The van der Waals surface area contributed by atoms with Crippen molar-refractivity contribution in [2.45, 2.75) is 20.0 Å². The molecular formula is C13H18ClF3N2. The lowest BCUT2D eigenvalue weighted by Gasteiger charge is -2.19. The van der Waals surface area contributed by atoms with Crippen molar-refractivity contribution in [3.8, 4) is 0 Å². The molecule has 1 N–H and O–H groups in total. The van der Waals surface area contributed by atoms with Gasteiger partial charge >= 0.3 is 6.18 Å². The predicted octanol–water partition coefficient (Wildman–Crippen LogP) is 4.11. The molecule has 0 spiro atoms. The summed E-state index contributed by atoms with van der Waals surface area (Å²) in [5, 5.41) is 3.14. The maximum absolute atomic E-state index is 12.5. The van der Waals surface area contributed by atoms with Gasteiger partial charge in [-0.15, -0.1) is 0 Å². The molecule has 0 bridgehead atoms. The van der Waals surface area contributed by atoms with Gasteiger partial charge < -0.3 is 10.2 Å². The minimum Gasteiger partial charge on any atom is -0.383 e. The van der Waals surface area contributed by atoms with Crippen molar-refractivity contribution in [1.29, 1.82) is 0 Å². The average molecular weight is 295 g/mol. The zero-order valence-corrected chi connectivity index (χ0v) is 11.8. The summed E-state index contributed by atoms with van der Waals surface area (Å²) in [5.41, 5.74) is -0.200. The fraction of sp³-hybridized carbons (Fsp3) is 0.538. The smallest absolute Gasteiger partial charge is 0.383 e. The number of anilines is 1. The van der Waals surface area contributed by atoms with Gasteiger partial charge in [-0.2, -0.15) is 13.2 Å². The lowest BCUT2D eigenvalue weighted by Crippen LogP contribution is -2.28. The molecule has 0 fully saturated rings. The first kappa shape index (κ1) is 16.1. The minimum atomic E-state index is -4.36. The minimum absolute atomic E-state index is 0.0920. The third-order valence-corrected chi connectivity index (χ3v) is 3.25. The first-order valence-electron chi connectivity index (χ1n) is 6.21. The van der Waals surface area contributed by atoms with Crippen LogP contribution in [0.3, 0.4) is 0 Å². The Balaban J connectivity index is 2.61. The Morgan fingerprint density at radius 2 is 1.84 bits per heavy atom. The Bertz CT molecular complexity index is 403. The third kappa shape index (κ3) is 4.91. The standard InChI is InChI=1S/C13H18ClF3N2/c1-3-19(4-2)8-7-18-12-6-5-10(9-11(12)14)13(15,16)17/h5-6,9,18H,3-4,7-8H2,1-2H3. The molecule has 0 unspecified atom stereocenters. The maximum atomic E-state index is 12.5. The average Bonchev–Trinajstić information content (AvgIpc) is 2.35. The van der Waals surface area contributed by atoms with E-state index in [1.165, 1.54) is 6.07 Å². The number of nitrogens with one attached hydrogen (secondary N) is 1. The number of halogens is 4. The topological polar surface area (TPSA) is 15.3 Å². The van der Waals surface area contributed by atoms with Gasteiger partial charge in [-0.25, -0.2) is 0 Å². The molecule has 19 heavy (non-hydrogen) atoms. The summed E-state index contributed by atoms with van der Waals surface area (Å²) in [7, 11) is 0. The molecule has 2 nitrogen and oxygen atoms in total. The number of alkyl halides is 3. The Labute approximate surface area is 116 Å². The van der Waals surface area contributed by atoms with Gasteiger partial charge in [0.2, 0.25) is 0 Å². The molecule has 0 aliphatic carbocycles. The lowest BCUT2D eigenvalue weighted by molar-refractivity contribution is -0.137. The summed E-state index contributed by atoms with van der Waals surface area (Å²) >= 11 is 5.84. The van der Waals surface area contributed by atoms with Crippen molar-refractivity contribution in [2.75, 3.05) is 31.5 Å². The van der Waals surface area contributed by atoms with Gasteiger partial charge in [0.25, 0.3) is 0 Å². The van der Waals surface area contributed by atoms with Crippen molar-refractivity contribution in [1.82, 2.24) is 4.90 Å². The summed E-state index contributed by atoms with van der Waals surface area (Å²) in [5.74, 6) is 0. The van der Waals surface area contributed by atoms with Crippen LogP contribution >= 0.6 is 11.6 Å². The molecule has 1 aromatic carbocycles. The summed E-state index contributed by atoms with van der Waals surface area (Å²) in [6.07, 6.45) is -4.36. The predicted molar refractivity (Wildman–Crippen MR) is 72.7 cm³/mol. The maximum Gasteiger partial charge on any atom is 0.416 e. The molecule has 0 amide bonds. The van der Waals surface area contributed by atoms with Gasteiger partial charge in [0, 0.05) is 13.1 Å². The van der Waals surface area contributed by atoms with Crippen LogP contribution in [0.15, 0.2) is 18.2 Å². The first-order chi connectivity index (χ1) is 8.88. The molecule has 0 heterocycles. The highest BCUT2D eigenvalue weighted by molar-refractivity contribution is 6.33. The van der Waals surface area contributed by atoms with Gasteiger partial charge in [0.1, 0.15) is 0 Å². The molecule has 0 aromatic heterocycles. The Hall–Kier alpha value is -0.940. The SMILES string of the molecule is CCN(CC)CCNc1ccc(C(F)(F)F)cc1Cl. The Morgan fingerprint density at radius 1 is 1.21 bits per heavy atom. The van der Waals surface area contributed by atoms with Crippen LogP contribution in [0.2, 0.25) is 5.02 Å². The lowest BCUT2D eigenvalue weighted by atomic mass is 10.2. The first-order valence-corrected chi connectivity index (χ1v) is 6.59. The molecule has 0 aliphatic rings. The van der Waals surface area contributed by atoms with Crippen molar-refractivity contribution in [3.05, 3.63) is 28.8 Å².